The van der Waals surface area contributed by atoms with Crippen LogP contribution >= 0.6 is 11.6 Å². The van der Waals surface area contributed by atoms with Gasteiger partial charge in [0.1, 0.15) is 5.15 Å². The number of benzene rings is 1. The van der Waals surface area contributed by atoms with Crippen LogP contribution in [0.5, 0.6) is 0 Å². The van der Waals surface area contributed by atoms with Crippen molar-refractivity contribution in [3.8, 4) is 0 Å². The number of amides is 2. The summed E-state index contributed by atoms with van der Waals surface area (Å²) in [6, 6.07) is 9.74. The zero-order valence-corrected chi connectivity index (χ0v) is 17.3. The molecule has 0 atom stereocenters. The molecule has 0 spiro atoms. The van der Waals surface area contributed by atoms with E-state index in [2.05, 4.69) is 10.4 Å². The molecule has 9 heteroatoms. The van der Waals surface area contributed by atoms with Crippen molar-refractivity contribution < 1.29 is 19.1 Å². The van der Waals surface area contributed by atoms with E-state index < -0.39 is 18.5 Å². The van der Waals surface area contributed by atoms with Gasteiger partial charge in [0.25, 0.3) is 5.91 Å². The first-order chi connectivity index (χ1) is 13.8. The third-order valence-electron chi connectivity index (χ3n) is 4.09. The van der Waals surface area contributed by atoms with E-state index in [0.717, 1.165) is 5.56 Å². The van der Waals surface area contributed by atoms with Gasteiger partial charge in [0.2, 0.25) is 5.91 Å². The molecule has 0 unspecified atom stereocenters. The average molecular weight is 419 g/mol. The predicted molar refractivity (Wildman–Crippen MR) is 109 cm³/mol. The second kappa shape index (κ2) is 10.4. The fourth-order valence-corrected chi connectivity index (χ4v) is 2.74. The normalized spacial score (nSPS) is 10.8. The number of carbonyl (C=O) groups is 3. The lowest BCUT2D eigenvalue weighted by molar-refractivity contribution is -0.148. The van der Waals surface area contributed by atoms with E-state index in [1.54, 1.807) is 11.6 Å². The van der Waals surface area contributed by atoms with Crippen molar-refractivity contribution in [1.82, 2.24) is 20.0 Å². The number of aryl methyl sites for hydroxylation is 1. The fraction of sp³-hybridized carbons (Fsp3) is 0.300. The summed E-state index contributed by atoms with van der Waals surface area (Å²) >= 11 is 6.39. The first-order valence-electron chi connectivity index (χ1n) is 8.88. The lowest BCUT2D eigenvalue weighted by Crippen LogP contribution is -2.38. The number of carbonyl (C=O) groups excluding carboxylic acids is 3. The van der Waals surface area contributed by atoms with Crippen molar-refractivity contribution in [3.05, 3.63) is 58.4 Å². The number of aromatic nitrogens is 2. The average Bonchev–Trinajstić information content (AvgIpc) is 2.97. The largest absolute Gasteiger partial charge is 0.452 e. The Balaban J connectivity index is 1.94. The van der Waals surface area contributed by atoms with Crippen molar-refractivity contribution in [1.29, 1.82) is 0 Å². The molecule has 0 saturated carbocycles. The summed E-state index contributed by atoms with van der Waals surface area (Å²) in [6.45, 7) is 1.72. The van der Waals surface area contributed by atoms with Crippen molar-refractivity contribution in [2.75, 3.05) is 27.2 Å². The molecular formula is C20H23ClN4O4. The third-order valence-corrected chi connectivity index (χ3v) is 4.49. The van der Waals surface area contributed by atoms with Crippen LogP contribution in [0.3, 0.4) is 0 Å². The van der Waals surface area contributed by atoms with Crippen LogP contribution in [-0.4, -0.2) is 59.7 Å². The summed E-state index contributed by atoms with van der Waals surface area (Å²) in [5.74, 6) is -1.50. The summed E-state index contributed by atoms with van der Waals surface area (Å²) in [6.07, 6.45) is 2.70. The quantitative estimate of drug-likeness (QED) is 0.519. The van der Waals surface area contributed by atoms with Crippen molar-refractivity contribution in [3.63, 3.8) is 0 Å². The molecule has 2 rings (SSSR count). The van der Waals surface area contributed by atoms with Crippen LogP contribution in [0.1, 0.15) is 16.8 Å². The van der Waals surface area contributed by atoms with Gasteiger partial charge in [-0.3, -0.25) is 9.59 Å². The highest BCUT2D eigenvalue weighted by Crippen LogP contribution is 2.22. The minimum Gasteiger partial charge on any atom is -0.452 e. The molecule has 8 nitrogen and oxygen atoms in total. The Morgan fingerprint density at radius 2 is 1.97 bits per heavy atom. The summed E-state index contributed by atoms with van der Waals surface area (Å²) in [5, 5.41) is 7.21. The van der Waals surface area contributed by atoms with Crippen LogP contribution in [0.15, 0.2) is 36.4 Å². The summed E-state index contributed by atoms with van der Waals surface area (Å²) in [5.41, 5.74) is 2.31. The van der Waals surface area contributed by atoms with Crippen LogP contribution in [0.25, 0.3) is 6.08 Å². The van der Waals surface area contributed by atoms with Gasteiger partial charge < -0.3 is 15.0 Å². The van der Waals surface area contributed by atoms with E-state index in [-0.39, 0.29) is 12.5 Å². The Morgan fingerprint density at radius 3 is 2.62 bits per heavy atom. The van der Waals surface area contributed by atoms with Crippen LogP contribution in [0, 0.1) is 6.92 Å². The minimum absolute atomic E-state index is 0.113. The van der Waals surface area contributed by atoms with E-state index in [4.69, 9.17) is 16.3 Å². The van der Waals surface area contributed by atoms with Crippen LogP contribution in [0.4, 0.5) is 0 Å². The van der Waals surface area contributed by atoms with E-state index in [1.165, 1.54) is 31.1 Å². The second-order valence-electron chi connectivity index (χ2n) is 6.30. The zero-order valence-electron chi connectivity index (χ0n) is 16.5. The van der Waals surface area contributed by atoms with Gasteiger partial charge in [-0.15, -0.1) is 0 Å². The highest BCUT2D eigenvalue weighted by molar-refractivity contribution is 6.31. The molecular weight excluding hydrogens is 396 g/mol. The molecule has 0 aliphatic rings. The monoisotopic (exact) mass is 418 g/mol. The molecule has 1 aromatic heterocycles. The van der Waals surface area contributed by atoms with Gasteiger partial charge in [-0.05, 0) is 18.6 Å². The van der Waals surface area contributed by atoms with Gasteiger partial charge >= 0.3 is 5.97 Å². The van der Waals surface area contributed by atoms with Gasteiger partial charge in [-0.2, -0.15) is 5.10 Å². The number of ether oxygens (including phenoxy) is 1. The number of hydrogen-bond donors (Lipinski definition) is 1. The number of nitrogens with one attached hydrogen (secondary N) is 1. The van der Waals surface area contributed by atoms with Gasteiger partial charge in [0.05, 0.1) is 18.8 Å². The fourth-order valence-electron chi connectivity index (χ4n) is 2.44. The number of nitrogens with zero attached hydrogens (tertiary/aromatic N) is 3. The summed E-state index contributed by atoms with van der Waals surface area (Å²) in [7, 11) is 2.92. The standard InChI is InChI=1S/C20H23ClN4O4/c1-14-16(20(21)25(23-14)11-15-7-5-4-6-8-15)9-10-19(28)29-13-18(27)24(3)12-17(26)22-2/h4-10H,11-13H2,1-3H3,(H,22,26)/b10-9+. The van der Waals surface area contributed by atoms with Crippen molar-refractivity contribution in [2.45, 2.75) is 13.5 Å². The predicted octanol–water partition coefficient (Wildman–Crippen LogP) is 1.65. The lowest BCUT2D eigenvalue weighted by atomic mass is 10.2. The van der Waals surface area contributed by atoms with E-state index in [1.807, 2.05) is 30.3 Å². The Labute approximate surface area is 174 Å². The molecule has 0 aliphatic carbocycles. The smallest absolute Gasteiger partial charge is 0.331 e. The zero-order chi connectivity index (χ0) is 21.4. The first-order valence-corrected chi connectivity index (χ1v) is 9.25. The molecule has 2 aromatic rings. The molecule has 0 aliphatic heterocycles. The van der Waals surface area contributed by atoms with Crippen molar-refractivity contribution in [2.24, 2.45) is 0 Å². The van der Waals surface area contributed by atoms with E-state index in [0.29, 0.717) is 23.0 Å². The Hall–Kier alpha value is -3.13. The van der Waals surface area contributed by atoms with Crippen molar-refractivity contribution >= 4 is 35.5 Å². The topological polar surface area (TPSA) is 93.5 Å². The molecule has 154 valence electrons. The summed E-state index contributed by atoms with van der Waals surface area (Å²) < 4.78 is 6.57. The molecule has 1 aromatic carbocycles. The Kier molecular flexibility index (Phi) is 7.97. The molecule has 0 bridgehead atoms. The molecule has 1 heterocycles. The number of likely N-dealkylation sites (N-methyl/N-ethyl adjacent to an activating group) is 2. The minimum atomic E-state index is -0.696. The first kappa shape index (κ1) is 22.2. The second-order valence-corrected chi connectivity index (χ2v) is 6.66. The van der Waals surface area contributed by atoms with Gasteiger partial charge in [0.15, 0.2) is 6.61 Å². The maximum absolute atomic E-state index is 11.9. The third kappa shape index (κ3) is 6.46. The summed E-state index contributed by atoms with van der Waals surface area (Å²) in [4.78, 5) is 36.2. The highest BCUT2D eigenvalue weighted by Gasteiger charge is 2.15. The number of esters is 1. The van der Waals surface area contributed by atoms with Crippen LogP contribution in [0.2, 0.25) is 5.15 Å². The van der Waals surface area contributed by atoms with E-state index >= 15 is 0 Å². The Bertz CT molecular complexity index is 909. The van der Waals surface area contributed by atoms with Gasteiger partial charge in [0, 0.05) is 25.7 Å². The van der Waals surface area contributed by atoms with E-state index in [9.17, 15) is 14.4 Å². The Morgan fingerprint density at radius 1 is 1.28 bits per heavy atom. The molecule has 1 N–H and O–H groups in total. The number of rotatable bonds is 8. The maximum Gasteiger partial charge on any atom is 0.331 e. The highest BCUT2D eigenvalue weighted by atomic mass is 35.5. The molecule has 29 heavy (non-hydrogen) atoms. The molecule has 0 saturated heterocycles. The van der Waals surface area contributed by atoms with Crippen LogP contribution in [-0.2, 0) is 25.7 Å². The van der Waals surface area contributed by atoms with Gasteiger partial charge in [-0.25, -0.2) is 9.48 Å². The molecule has 0 fully saturated rings. The molecule has 0 radical (unpaired) electrons. The molecule has 2 amide bonds. The van der Waals surface area contributed by atoms with Crippen LogP contribution < -0.4 is 5.32 Å². The van der Waals surface area contributed by atoms with Gasteiger partial charge in [-0.1, -0.05) is 41.9 Å². The SMILES string of the molecule is CNC(=O)CN(C)C(=O)COC(=O)/C=C/c1c(C)nn(Cc2ccccc2)c1Cl. The number of hydrogen-bond acceptors (Lipinski definition) is 5. The maximum atomic E-state index is 11.9. The lowest BCUT2D eigenvalue weighted by Gasteiger charge is -2.15. The number of halogens is 1.